The predicted octanol–water partition coefficient (Wildman–Crippen LogP) is 1.70. The second-order valence-electron chi connectivity index (χ2n) is 5.85. The molecule has 4 heteroatoms. The Kier molecular flexibility index (Phi) is 6.09. The number of rotatable bonds is 6. The second-order valence-corrected chi connectivity index (χ2v) is 5.85. The third-order valence-electron chi connectivity index (χ3n) is 3.65. The average molecular weight is 256 g/mol. The highest BCUT2D eigenvalue weighted by Gasteiger charge is 2.29. The second kappa shape index (κ2) is 7.10. The number of hydrogen-bond donors (Lipinski definition) is 2. The highest BCUT2D eigenvalue weighted by molar-refractivity contribution is 5.81. The first-order chi connectivity index (χ1) is 8.49. The molecule has 0 aromatic rings. The summed E-state index contributed by atoms with van der Waals surface area (Å²) in [6, 6.07) is 0.485. The van der Waals surface area contributed by atoms with Crippen LogP contribution in [0.5, 0.6) is 0 Å². The Balaban J connectivity index is 2.36. The first kappa shape index (κ1) is 15.4. The smallest absolute Gasteiger partial charge is 0.226 e. The van der Waals surface area contributed by atoms with Gasteiger partial charge in [-0.25, -0.2) is 0 Å². The summed E-state index contributed by atoms with van der Waals surface area (Å²) in [5.74, 6) is 0.0900. The van der Waals surface area contributed by atoms with Gasteiger partial charge in [0.05, 0.1) is 11.5 Å². The maximum Gasteiger partial charge on any atom is 0.226 e. The number of carbonyl (C=O) groups is 1. The zero-order chi connectivity index (χ0) is 13.6. The lowest BCUT2D eigenvalue weighted by Crippen LogP contribution is -2.47. The van der Waals surface area contributed by atoms with Gasteiger partial charge in [0.1, 0.15) is 0 Å². The van der Waals surface area contributed by atoms with Crippen LogP contribution in [0.2, 0.25) is 0 Å². The zero-order valence-corrected chi connectivity index (χ0v) is 12.2. The summed E-state index contributed by atoms with van der Waals surface area (Å²) < 4.78 is 5.73. The van der Waals surface area contributed by atoms with E-state index in [2.05, 4.69) is 17.6 Å². The molecule has 0 bridgehead atoms. The van der Waals surface area contributed by atoms with E-state index in [4.69, 9.17) is 4.74 Å². The van der Waals surface area contributed by atoms with Crippen LogP contribution in [0.1, 0.15) is 46.5 Å². The molecule has 1 fully saturated rings. The van der Waals surface area contributed by atoms with E-state index in [0.29, 0.717) is 12.1 Å². The summed E-state index contributed by atoms with van der Waals surface area (Å²) in [5.41, 5.74) is -0.354. The van der Waals surface area contributed by atoms with Crippen molar-refractivity contribution in [3.05, 3.63) is 0 Å². The van der Waals surface area contributed by atoms with Crippen molar-refractivity contribution in [1.82, 2.24) is 10.6 Å². The molecule has 18 heavy (non-hydrogen) atoms. The molecule has 1 aliphatic heterocycles. The van der Waals surface area contributed by atoms with Crippen LogP contribution in [-0.2, 0) is 9.53 Å². The van der Waals surface area contributed by atoms with E-state index in [1.807, 2.05) is 13.8 Å². The molecule has 4 nitrogen and oxygen atoms in total. The van der Waals surface area contributed by atoms with Gasteiger partial charge in [-0.3, -0.25) is 4.79 Å². The molecule has 106 valence electrons. The molecule has 2 N–H and O–H groups in total. The standard InChI is InChI=1S/C14H28N2O2/c1-5-6-12-9-11(7-8-18-12)16-10-14(2,3)13(17)15-4/h11-12,16H,5-10H2,1-4H3,(H,15,17). The monoisotopic (exact) mass is 256 g/mol. The van der Waals surface area contributed by atoms with Crippen molar-refractivity contribution in [3.63, 3.8) is 0 Å². The van der Waals surface area contributed by atoms with Crippen molar-refractivity contribution >= 4 is 5.91 Å². The van der Waals surface area contributed by atoms with Crippen LogP contribution in [-0.4, -0.2) is 38.3 Å². The topological polar surface area (TPSA) is 50.4 Å². The molecule has 1 amide bonds. The molecule has 1 saturated heterocycles. The molecule has 2 unspecified atom stereocenters. The Morgan fingerprint density at radius 2 is 2.17 bits per heavy atom. The van der Waals surface area contributed by atoms with Gasteiger partial charge in [0.15, 0.2) is 0 Å². The molecule has 0 saturated carbocycles. The summed E-state index contributed by atoms with van der Waals surface area (Å²) in [5, 5.41) is 6.24. The van der Waals surface area contributed by atoms with Gasteiger partial charge in [-0.05, 0) is 33.1 Å². The zero-order valence-electron chi connectivity index (χ0n) is 12.2. The lowest BCUT2D eigenvalue weighted by Gasteiger charge is -2.32. The summed E-state index contributed by atoms with van der Waals surface area (Å²) in [6.45, 7) is 7.69. The van der Waals surface area contributed by atoms with Crippen molar-refractivity contribution < 1.29 is 9.53 Å². The van der Waals surface area contributed by atoms with E-state index in [0.717, 1.165) is 32.4 Å². The largest absolute Gasteiger partial charge is 0.378 e. The molecule has 0 aromatic heterocycles. The van der Waals surface area contributed by atoms with Crippen LogP contribution in [0.3, 0.4) is 0 Å². The lowest BCUT2D eigenvalue weighted by atomic mass is 9.91. The van der Waals surface area contributed by atoms with Gasteiger partial charge in [-0.2, -0.15) is 0 Å². The Morgan fingerprint density at radius 3 is 2.78 bits per heavy atom. The Labute approximate surface area is 111 Å². The molecular formula is C14H28N2O2. The third kappa shape index (κ3) is 4.58. The van der Waals surface area contributed by atoms with E-state index >= 15 is 0 Å². The van der Waals surface area contributed by atoms with Crippen molar-refractivity contribution in [2.75, 3.05) is 20.2 Å². The maximum atomic E-state index is 11.7. The Hall–Kier alpha value is -0.610. The minimum absolute atomic E-state index is 0.0900. The highest BCUT2D eigenvalue weighted by Crippen LogP contribution is 2.20. The van der Waals surface area contributed by atoms with E-state index in [9.17, 15) is 4.79 Å². The van der Waals surface area contributed by atoms with Crippen LogP contribution >= 0.6 is 0 Å². The minimum Gasteiger partial charge on any atom is -0.378 e. The van der Waals surface area contributed by atoms with Crippen LogP contribution in [0.4, 0.5) is 0 Å². The SMILES string of the molecule is CCCC1CC(NCC(C)(C)C(=O)NC)CCO1. The molecule has 0 aliphatic carbocycles. The van der Waals surface area contributed by atoms with Gasteiger partial charge in [0.2, 0.25) is 5.91 Å². The molecular weight excluding hydrogens is 228 g/mol. The molecule has 1 rings (SSSR count). The fourth-order valence-electron chi connectivity index (χ4n) is 2.41. The first-order valence-electron chi connectivity index (χ1n) is 7.06. The first-order valence-corrected chi connectivity index (χ1v) is 7.06. The van der Waals surface area contributed by atoms with Gasteiger partial charge in [0.25, 0.3) is 0 Å². The lowest BCUT2D eigenvalue weighted by molar-refractivity contribution is -0.128. The summed E-state index contributed by atoms with van der Waals surface area (Å²) in [6.07, 6.45) is 4.81. The molecule has 0 radical (unpaired) electrons. The highest BCUT2D eigenvalue weighted by atomic mass is 16.5. The van der Waals surface area contributed by atoms with Crippen molar-refractivity contribution in [1.29, 1.82) is 0 Å². The summed E-state index contributed by atoms with van der Waals surface area (Å²) >= 11 is 0. The third-order valence-corrected chi connectivity index (χ3v) is 3.65. The van der Waals surface area contributed by atoms with E-state index in [-0.39, 0.29) is 11.3 Å². The fraction of sp³-hybridized carbons (Fsp3) is 0.929. The van der Waals surface area contributed by atoms with E-state index in [1.165, 1.54) is 6.42 Å². The van der Waals surface area contributed by atoms with Gasteiger partial charge in [-0.1, -0.05) is 13.3 Å². The number of nitrogens with one attached hydrogen (secondary N) is 2. The maximum absolute atomic E-state index is 11.7. The molecule has 2 atom stereocenters. The van der Waals surface area contributed by atoms with Gasteiger partial charge in [-0.15, -0.1) is 0 Å². The van der Waals surface area contributed by atoms with Gasteiger partial charge in [0, 0.05) is 26.2 Å². The van der Waals surface area contributed by atoms with Crippen molar-refractivity contribution in [2.24, 2.45) is 5.41 Å². The summed E-state index contributed by atoms with van der Waals surface area (Å²) in [7, 11) is 1.69. The fourth-order valence-corrected chi connectivity index (χ4v) is 2.41. The number of amides is 1. The van der Waals surface area contributed by atoms with E-state index in [1.54, 1.807) is 7.05 Å². The molecule has 0 aromatic carbocycles. The minimum atomic E-state index is -0.354. The number of ether oxygens (including phenoxy) is 1. The molecule has 1 heterocycles. The van der Waals surface area contributed by atoms with E-state index < -0.39 is 0 Å². The van der Waals surface area contributed by atoms with Crippen LogP contribution in [0.15, 0.2) is 0 Å². The predicted molar refractivity (Wildman–Crippen MR) is 73.5 cm³/mol. The Bertz CT molecular complexity index is 265. The van der Waals surface area contributed by atoms with Crippen molar-refractivity contribution in [2.45, 2.75) is 58.6 Å². The van der Waals surface area contributed by atoms with Gasteiger partial charge < -0.3 is 15.4 Å². The Morgan fingerprint density at radius 1 is 1.44 bits per heavy atom. The van der Waals surface area contributed by atoms with Crippen LogP contribution in [0, 0.1) is 5.41 Å². The quantitative estimate of drug-likeness (QED) is 0.760. The number of carbonyl (C=O) groups excluding carboxylic acids is 1. The summed E-state index contributed by atoms with van der Waals surface area (Å²) in [4.78, 5) is 11.7. The van der Waals surface area contributed by atoms with Crippen LogP contribution < -0.4 is 10.6 Å². The number of hydrogen-bond acceptors (Lipinski definition) is 3. The average Bonchev–Trinajstić information content (AvgIpc) is 2.36. The molecule has 0 spiro atoms. The normalized spacial score (nSPS) is 24.9. The van der Waals surface area contributed by atoms with Crippen molar-refractivity contribution in [3.8, 4) is 0 Å². The van der Waals surface area contributed by atoms with Crippen LogP contribution in [0.25, 0.3) is 0 Å². The molecule has 1 aliphatic rings. The van der Waals surface area contributed by atoms with Gasteiger partial charge >= 0.3 is 0 Å².